The van der Waals surface area contributed by atoms with Crippen molar-refractivity contribution in [2.45, 2.75) is 12.0 Å². The Bertz CT molecular complexity index is 419. The molecule has 2 N–H and O–H groups in total. The van der Waals surface area contributed by atoms with E-state index in [1.165, 1.54) is 12.3 Å². The number of hydrogen-bond donors (Lipinski definition) is 2. The number of pyridine rings is 1. The number of halogens is 1. The average molecular weight is 257 g/mol. The number of nitrogens with one attached hydrogen (secondary N) is 1. The highest BCUT2D eigenvalue weighted by Gasteiger charge is 2.32. The first-order valence-electron chi connectivity index (χ1n) is 5.29. The van der Waals surface area contributed by atoms with Crippen LogP contribution in [0.2, 0.25) is 5.15 Å². The van der Waals surface area contributed by atoms with Gasteiger partial charge >= 0.3 is 0 Å². The van der Waals surface area contributed by atoms with Crippen LogP contribution in [0, 0.1) is 0 Å². The number of amides is 1. The fourth-order valence-corrected chi connectivity index (χ4v) is 1.80. The summed E-state index contributed by atoms with van der Waals surface area (Å²) in [6, 6.07) is 3.04. The molecule has 17 heavy (non-hydrogen) atoms. The van der Waals surface area contributed by atoms with Crippen molar-refractivity contribution in [1.82, 2.24) is 10.3 Å². The molecule has 1 unspecified atom stereocenters. The van der Waals surface area contributed by atoms with E-state index in [1.54, 1.807) is 6.07 Å². The van der Waals surface area contributed by atoms with Gasteiger partial charge in [0.25, 0.3) is 5.91 Å². The lowest BCUT2D eigenvalue weighted by Crippen LogP contribution is -2.43. The molecule has 5 nitrogen and oxygen atoms in total. The third-order valence-electron chi connectivity index (χ3n) is 2.65. The highest BCUT2D eigenvalue weighted by atomic mass is 35.5. The van der Waals surface area contributed by atoms with Crippen LogP contribution in [0.1, 0.15) is 16.8 Å². The minimum absolute atomic E-state index is 0.172. The molecule has 0 aromatic carbocycles. The maximum atomic E-state index is 11.7. The Labute approximate surface area is 104 Å². The van der Waals surface area contributed by atoms with Gasteiger partial charge in [0.2, 0.25) is 0 Å². The molecule has 1 aromatic rings. The number of nitrogens with zero attached hydrogens (tertiary/aromatic N) is 1. The molecule has 1 fully saturated rings. The van der Waals surface area contributed by atoms with Gasteiger partial charge in [0.1, 0.15) is 10.8 Å². The van der Waals surface area contributed by atoms with Gasteiger partial charge in [0, 0.05) is 31.3 Å². The van der Waals surface area contributed by atoms with Crippen molar-refractivity contribution in [1.29, 1.82) is 0 Å². The molecule has 92 valence electrons. The smallest absolute Gasteiger partial charge is 0.251 e. The third kappa shape index (κ3) is 3.15. The van der Waals surface area contributed by atoms with Gasteiger partial charge in [0.15, 0.2) is 0 Å². The molecule has 1 amide bonds. The molecule has 2 rings (SSSR count). The van der Waals surface area contributed by atoms with Crippen LogP contribution in [-0.2, 0) is 4.74 Å². The molecule has 1 aliphatic rings. The van der Waals surface area contributed by atoms with Crippen molar-refractivity contribution < 1.29 is 14.6 Å². The summed E-state index contributed by atoms with van der Waals surface area (Å²) in [5, 5.41) is 12.9. The number of carbonyl (C=O) groups excluding carboxylic acids is 1. The topological polar surface area (TPSA) is 71.5 Å². The second kappa shape index (κ2) is 5.00. The molecule has 0 saturated carbocycles. The van der Waals surface area contributed by atoms with Gasteiger partial charge < -0.3 is 15.2 Å². The van der Waals surface area contributed by atoms with E-state index in [2.05, 4.69) is 10.3 Å². The van der Waals surface area contributed by atoms with E-state index in [0.29, 0.717) is 18.6 Å². The fourth-order valence-electron chi connectivity index (χ4n) is 1.63. The summed E-state index contributed by atoms with van der Waals surface area (Å²) in [5.74, 6) is -0.283. The SMILES string of the molecule is O=C(NCC1(O)CCOC1)c1ccnc(Cl)c1. The standard InChI is InChI=1S/C11H13ClN2O3/c12-9-5-8(1-3-13-9)10(15)14-6-11(16)2-4-17-7-11/h1,3,5,16H,2,4,6-7H2,(H,14,15). The van der Waals surface area contributed by atoms with Crippen molar-refractivity contribution in [3.63, 3.8) is 0 Å². The molecular weight excluding hydrogens is 244 g/mol. The summed E-state index contributed by atoms with van der Waals surface area (Å²) in [7, 11) is 0. The van der Waals surface area contributed by atoms with Gasteiger partial charge in [0.05, 0.1) is 6.61 Å². The number of aliphatic hydroxyl groups is 1. The van der Waals surface area contributed by atoms with Gasteiger partial charge in [-0.05, 0) is 12.1 Å². The minimum atomic E-state index is -0.952. The summed E-state index contributed by atoms with van der Waals surface area (Å²) < 4.78 is 5.08. The summed E-state index contributed by atoms with van der Waals surface area (Å²) in [5.41, 5.74) is -0.528. The molecule has 1 saturated heterocycles. The van der Waals surface area contributed by atoms with E-state index in [0.717, 1.165) is 0 Å². The Kier molecular flexibility index (Phi) is 3.61. The normalized spacial score (nSPS) is 23.6. The number of rotatable bonds is 3. The van der Waals surface area contributed by atoms with E-state index >= 15 is 0 Å². The highest BCUT2D eigenvalue weighted by Crippen LogP contribution is 2.17. The van der Waals surface area contributed by atoms with Crippen LogP contribution in [0.3, 0.4) is 0 Å². The quantitative estimate of drug-likeness (QED) is 0.778. The van der Waals surface area contributed by atoms with E-state index in [4.69, 9.17) is 16.3 Å². The molecule has 1 aromatic heterocycles. The summed E-state index contributed by atoms with van der Waals surface area (Å²) in [4.78, 5) is 15.5. The minimum Gasteiger partial charge on any atom is -0.386 e. The molecule has 1 aliphatic heterocycles. The molecular formula is C11H13ClN2O3. The van der Waals surface area contributed by atoms with Gasteiger partial charge in [-0.2, -0.15) is 0 Å². The number of aromatic nitrogens is 1. The van der Waals surface area contributed by atoms with E-state index in [9.17, 15) is 9.90 Å². The van der Waals surface area contributed by atoms with Gasteiger partial charge in [-0.25, -0.2) is 4.98 Å². The Morgan fingerprint density at radius 2 is 2.53 bits per heavy atom. The van der Waals surface area contributed by atoms with E-state index in [-0.39, 0.29) is 24.2 Å². The first-order valence-corrected chi connectivity index (χ1v) is 5.67. The summed E-state index contributed by atoms with van der Waals surface area (Å²) in [6.45, 7) is 0.948. The van der Waals surface area contributed by atoms with Crippen LogP contribution in [0.4, 0.5) is 0 Å². The molecule has 6 heteroatoms. The second-order valence-electron chi connectivity index (χ2n) is 4.08. The van der Waals surface area contributed by atoms with Gasteiger partial charge in [-0.15, -0.1) is 0 Å². The molecule has 0 spiro atoms. The predicted molar refractivity (Wildman–Crippen MR) is 62.0 cm³/mol. The summed E-state index contributed by atoms with van der Waals surface area (Å²) >= 11 is 5.68. The van der Waals surface area contributed by atoms with Gasteiger partial charge in [-0.3, -0.25) is 4.79 Å². The van der Waals surface area contributed by atoms with Crippen LogP contribution in [0.15, 0.2) is 18.3 Å². The lowest BCUT2D eigenvalue weighted by atomic mass is 10.0. The second-order valence-corrected chi connectivity index (χ2v) is 4.46. The van der Waals surface area contributed by atoms with Crippen LogP contribution in [-0.4, -0.2) is 41.4 Å². The molecule has 1 atom stereocenters. The van der Waals surface area contributed by atoms with Crippen LogP contribution in [0.25, 0.3) is 0 Å². The highest BCUT2D eigenvalue weighted by molar-refractivity contribution is 6.29. The fraction of sp³-hybridized carbons (Fsp3) is 0.455. The zero-order valence-corrected chi connectivity index (χ0v) is 9.91. The summed E-state index contributed by atoms with van der Waals surface area (Å²) in [6.07, 6.45) is 2.00. The third-order valence-corrected chi connectivity index (χ3v) is 2.86. The molecule has 2 heterocycles. The van der Waals surface area contributed by atoms with Crippen molar-refractivity contribution in [2.75, 3.05) is 19.8 Å². The number of hydrogen-bond acceptors (Lipinski definition) is 4. The van der Waals surface area contributed by atoms with Crippen molar-refractivity contribution in [2.24, 2.45) is 0 Å². The Balaban J connectivity index is 1.93. The van der Waals surface area contributed by atoms with Gasteiger partial charge in [-0.1, -0.05) is 11.6 Å². The maximum absolute atomic E-state index is 11.7. The molecule has 0 bridgehead atoms. The maximum Gasteiger partial charge on any atom is 0.251 e. The first kappa shape index (κ1) is 12.3. The Hall–Kier alpha value is -1.17. The average Bonchev–Trinajstić information content (AvgIpc) is 2.74. The van der Waals surface area contributed by atoms with Crippen molar-refractivity contribution in [3.8, 4) is 0 Å². The van der Waals surface area contributed by atoms with Crippen molar-refractivity contribution >= 4 is 17.5 Å². The van der Waals surface area contributed by atoms with Crippen molar-refractivity contribution in [3.05, 3.63) is 29.0 Å². The van der Waals surface area contributed by atoms with Crippen LogP contribution in [0.5, 0.6) is 0 Å². The van der Waals surface area contributed by atoms with Crippen LogP contribution >= 0.6 is 11.6 Å². The van der Waals surface area contributed by atoms with E-state index < -0.39 is 5.60 Å². The zero-order chi connectivity index (χ0) is 12.3. The van der Waals surface area contributed by atoms with E-state index in [1.807, 2.05) is 0 Å². The predicted octanol–water partition coefficient (Wildman–Crippen LogP) is 0.616. The molecule has 0 aliphatic carbocycles. The zero-order valence-electron chi connectivity index (χ0n) is 9.15. The van der Waals surface area contributed by atoms with Crippen LogP contribution < -0.4 is 5.32 Å². The lowest BCUT2D eigenvalue weighted by Gasteiger charge is -2.20. The molecule has 0 radical (unpaired) electrons. The Morgan fingerprint density at radius 3 is 3.18 bits per heavy atom. The number of ether oxygens (including phenoxy) is 1. The monoisotopic (exact) mass is 256 g/mol. The number of carbonyl (C=O) groups is 1. The largest absolute Gasteiger partial charge is 0.386 e. The first-order chi connectivity index (χ1) is 8.09. The lowest BCUT2D eigenvalue weighted by molar-refractivity contribution is 0.0264. The Morgan fingerprint density at radius 1 is 1.71 bits per heavy atom.